The lowest BCUT2D eigenvalue weighted by Crippen LogP contribution is -2.35. The van der Waals surface area contributed by atoms with Crippen LogP contribution in [0.25, 0.3) is 0 Å². The number of aliphatic carboxylic acids is 1. The fraction of sp³-hybridized carbons (Fsp3) is 0.588. The van der Waals surface area contributed by atoms with Gasteiger partial charge in [-0.25, -0.2) is 0 Å². The van der Waals surface area contributed by atoms with Gasteiger partial charge in [0.2, 0.25) is 0 Å². The summed E-state index contributed by atoms with van der Waals surface area (Å²) in [5, 5.41) is 9.03. The second kappa shape index (κ2) is 6.48. The van der Waals surface area contributed by atoms with Gasteiger partial charge in [0.25, 0.3) is 0 Å². The minimum Gasteiger partial charge on any atom is -0.490 e. The quantitative estimate of drug-likeness (QED) is 0.906. The van der Waals surface area contributed by atoms with E-state index in [-0.39, 0.29) is 12.5 Å². The van der Waals surface area contributed by atoms with E-state index in [0.29, 0.717) is 0 Å². The predicted octanol–water partition coefficient (Wildman–Crippen LogP) is 2.91. The molecule has 0 atom stereocenters. The van der Waals surface area contributed by atoms with Crippen molar-refractivity contribution in [1.29, 1.82) is 0 Å². The largest absolute Gasteiger partial charge is 0.490 e. The Labute approximate surface area is 126 Å². The Hall–Kier alpha value is -1.55. The molecule has 1 N–H and O–H groups in total. The summed E-state index contributed by atoms with van der Waals surface area (Å²) in [7, 11) is 2.13. The van der Waals surface area contributed by atoms with Crippen molar-refractivity contribution in [3.63, 3.8) is 0 Å². The number of carboxylic acid groups (broad SMARTS) is 1. The van der Waals surface area contributed by atoms with Gasteiger partial charge in [0.1, 0.15) is 11.9 Å². The van der Waals surface area contributed by atoms with Crippen LogP contribution in [-0.4, -0.2) is 42.2 Å². The molecule has 1 heterocycles. The topological polar surface area (TPSA) is 49.8 Å². The molecule has 0 saturated carbocycles. The lowest BCUT2D eigenvalue weighted by Gasteiger charge is -2.30. The van der Waals surface area contributed by atoms with Crippen molar-refractivity contribution < 1.29 is 14.6 Å². The third-order valence-corrected chi connectivity index (χ3v) is 4.18. The van der Waals surface area contributed by atoms with E-state index in [4.69, 9.17) is 9.84 Å². The summed E-state index contributed by atoms with van der Waals surface area (Å²) >= 11 is 0. The minimum atomic E-state index is -0.776. The molecule has 0 unspecified atom stereocenters. The van der Waals surface area contributed by atoms with Crippen LogP contribution in [0.3, 0.4) is 0 Å². The number of piperidine rings is 1. The Balaban J connectivity index is 2.05. The highest BCUT2D eigenvalue weighted by Crippen LogP contribution is 2.30. The van der Waals surface area contributed by atoms with Crippen molar-refractivity contribution >= 4 is 5.97 Å². The average molecular weight is 291 g/mol. The van der Waals surface area contributed by atoms with Gasteiger partial charge in [0.05, 0.1) is 6.42 Å². The average Bonchev–Trinajstić information content (AvgIpc) is 2.40. The number of benzene rings is 1. The molecule has 0 radical (unpaired) electrons. The molecule has 1 aromatic rings. The highest BCUT2D eigenvalue weighted by atomic mass is 16.5. The molecule has 0 amide bonds. The molecule has 1 aliphatic heterocycles. The summed E-state index contributed by atoms with van der Waals surface area (Å²) in [5.74, 6) is 0.0714. The zero-order valence-corrected chi connectivity index (χ0v) is 13.1. The first-order chi connectivity index (χ1) is 9.87. The number of hydrogen-bond acceptors (Lipinski definition) is 3. The maximum Gasteiger partial charge on any atom is 0.304 e. The van der Waals surface area contributed by atoms with E-state index in [2.05, 4.69) is 11.9 Å². The van der Waals surface area contributed by atoms with Crippen LogP contribution in [0.5, 0.6) is 5.75 Å². The van der Waals surface area contributed by atoms with Crippen LogP contribution in [0.15, 0.2) is 24.3 Å². The Morgan fingerprint density at radius 3 is 2.67 bits per heavy atom. The number of rotatable bonds is 5. The molecule has 1 aromatic carbocycles. The number of ether oxygens (including phenoxy) is 1. The van der Waals surface area contributed by atoms with E-state index < -0.39 is 11.4 Å². The van der Waals surface area contributed by atoms with Gasteiger partial charge in [-0.3, -0.25) is 4.79 Å². The third kappa shape index (κ3) is 4.46. The van der Waals surface area contributed by atoms with E-state index in [1.807, 2.05) is 38.1 Å². The van der Waals surface area contributed by atoms with Crippen LogP contribution in [0.1, 0.15) is 38.7 Å². The summed E-state index contributed by atoms with van der Waals surface area (Å²) in [6, 6.07) is 7.87. The van der Waals surface area contributed by atoms with Crippen molar-refractivity contribution in [2.75, 3.05) is 20.1 Å². The molecule has 0 bridgehead atoms. The highest BCUT2D eigenvalue weighted by Gasteiger charge is 2.25. The Kier molecular flexibility index (Phi) is 4.88. The molecule has 21 heavy (non-hydrogen) atoms. The van der Waals surface area contributed by atoms with Crippen molar-refractivity contribution in [3.05, 3.63) is 29.8 Å². The van der Waals surface area contributed by atoms with Gasteiger partial charge in [-0.15, -0.1) is 0 Å². The number of likely N-dealkylation sites (tertiary alicyclic amines) is 1. The number of carboxylic acids is 1. The van der Waals surface area contributed by atoms with Gasteiger partial charge in [-0.05, 0) is 37.6 Å². The SMILES string of the molecule is CN1CCC(Oc2cccc(C(C)(C)CC(=O)O)c2)CC1. The van der Waals surface area contributed by atoms with Crippen LogP contribution < -0.4 is 4.74 Å². The van der Waals surface area contributed by atoms with Crippen LogP contribution in [0.2, 0.25) is 0 Å². The monoisotopic (exact) mass is 291 g/mol. The zero-order valence-electron chi connectivity index (χ0n) is 13.1. The van der Waals surface area contributed by atoms with Crippen LogP contribution >= 0.6 is 0 Å². The fourth-order valence-corrected chi connectivity index (χ4v) is 2.77. The van der Waals surface area contributed by atoms with Crippen molar-refractivity contribution in [2.45, 2.75) is 44.6 Å². The zero-order chi connectivity index (χ0) is 15.5. The summed E-state index contributed by atoms with van der Waals surface area (Å²) < 4.78 is 6.07. The molecule has 116 valence electrons. The summed E-state index contributed by atoms with van der Waals surface area (Å²) in [5.41, 5.74) is 0.619. The first-order valence-electron chi connectivity index (χ1n) is 7.54. The maximum absolute atomic E-state index is 11.0. The normalized spacial score (nSPS) is 17.7. The van der Waals surface area contributed by atoms with E-state index >= 15 is 0 Å². The van der Waals surface area contributed by atoms with Crippen molar-refractivity contribution in [2.24, 2.45) is 0 Å². The van der Waals surface area contributed by atoms with E-state index in [1.165, 1.54) is 0 Å². The minimum absolute atomic E-state index is 0.116. The smallest absolute Gasteiger partial charge is 0.304 e. The molecule has 1 saturated heterocycles. The second-order valence-corrected chi connectivity index (χ2v) is 6.60. The first-order valence-corrected chi connectivity index (χ1v) is 7.54. The number of hydrogen-bond donors (Lipinski definition) is 1. The lowest BCUT2D eigenvalue weighted by atomic mass is 9.81. The van der Waals surface area contributed by atoms with Crippen LogP contribution in [-0.2, 0) is 10.2 Å². The van der Waals surface area contributed by atoms with Crippen LogP contribution in [0, 0.1) is 0 Å². The lowest BCUT2D eigenvalue weighted by molar-refractivity contribution is -0.138. The maximum atomic E-state index is 11.0. The molecule has 4 heteroatoms. The van der Waals surface area contributed by atoms with Gasteiger partial charge in [-0.2, -0.15) is 0 Å². The van der Waals surface area contributed by atoms with Gasteiger partial charge >= 0.3 is 5.97 Å². The van der Waals surface area contributed by atoms with Crippen molar-refractivity contribution in [3.8, 4) is 5.75 Å². The summed E-state index contributed by atoms with van der Waals surface area (Å²) in [6.07, 6.45) is 2.46. The Morgan fingerprint density at radius 1 is 1.38 bits per heavy atom. The molecule has 2 rings (SSSR count). The third-order valence-electron chi connectivity index (χ3n) is 4.18. The van der Waals surface area contributed by atoms with Crippen molar-refractivity contribution in [1.82, 2.24) is 4.90 Å². The molecular weight excluding hydrogens is 266 g/mol. The predicted molar refractivity (Wildman–Crippen MR) is 82.9 cm³/mol. The Morgan fingerprint density at radius 2 is 2.05 bits per heavy atom. The highest BCUT2D eigenvalue weighted by molar-refractivity contribution is 5.69. The van der Waals surface area contributed by atoms with E-state index in [1.54, 1.807) is 0 Å². The molecular formula is C17H25NO3. The van der Waals surface area contributed by atoms with Gasteiger partial charge in [-0.1, -0.05) is 26.0 Å². The van der Waals surface area contributed by atoms with Gasteiger partial charge in [0, 0.05) is 18.5 Å². The molecule has 0 aliphatic carbocycles. The molecule has 0 spiro atoms. The number of nitrogens with zero attached hydrogens (tertiary/aromatic N) is 1. The van der Waals surface area contributed by atoms with Crippen LogP contribution in [0.4, 0.5) is 0 Å². The molecule has 1 fully saturated rings. The summed E-state index contributed by atoms with van der Waals surface area (Å²) in [6.45, 7) is 6.04. The number of carbonyl (C=O) groups is 1. The second-order valence-electron chi connectivity index (χ2n) is 6.60. The van der Waals surface area contributed by atoms with Gasteiger partial charge < -0.3 is 14.7 Å². The molecule has 4 nitrogen and oxygen atoms in total. The van der Waals surface area contributed by atoms with Gasteiger partial charge in [0.15, 0.2) is 0 Å². The molecule has 1 aliphatic rings. The molecule has 0 aromatic heterocycles. The first kappa shape index (κ1) is 15.8. The standard InChI is InChI=1S/C17H25NO3/c1-17(2,12-16(19)20)13-5-4-6-15(11-13)21-14-7-9-18(3)10-8-14/h4-6,11,14H,7-10,12H2,1-3H3,(H,19,20). The fourth-order valence-electron chi connectivity index (χ4n) is 2.77. The van der Waals surface area contributed by atoms with E-state index in [0.717, 1.165) is 37.2 Å². The Bertz CT molecular complexity index is 491. The summed E-state index contributed by atoms with van der Waals surface area (Å²) in [4.78, 5) is 13.3. The van der Waals surface area contributed by atoms with E-state index in [9.17, 15) is 4.79 Å².